The third kappa shape index (κ3) is 4.80. The van der Waals surface area contributed by atoms with Gasteiger partial charge in [-0.3, -0.25) is 0 Å². The molecule has 0 radical (unpaired) electrons. The summed E-state index contributed by atoms with van der Waals surface area (Å²) in [5.41, 5.74) is 1.37. The van der Waals surface area contributed by atoms with Gasteiger partial charge in [-0.15, -0.1) is 0 Å². The number of hydrogen-bond acceptors (Lipinski definition) is 7. The number of nitrogens with one attached hydrogen (secondary N) is 1. The first kappa shape index (κ1) is 36.1. The van der Waals surface area contributed by atoms with Crippen LogP contribution in [0.4, 0.5) is 35.1 Å². The number of fused-ring (bicyclic) bond motifs is 20. The van der Waals surface area contributed by atoms with Crippen molar-refractivity contribution < 1.29 is 35.1 Å². The number of rotatable bonds is 4. The van der Waals surface area contributed by atoms with Gasteiger partial charge in [0, 0.05) is 21.9 Å². The molecule has 2 aliphatic heterocycles. The van der Waals surface area contributed by atoms with Crippen LogP contribution in [0.25, 0.3) is 89.7 Å². The Morgan fingerprint density at radius 1 is 0.456 bits per heavy atom. The molecule has 0 fully saturated rings. The van der Waals surface area contributed by atoms with Crippen molar-refractivity contribution in [3.05, 3.63) is 93.1 Å². The molecule has 8 bridgehead atoms. The Hall–Kier alpha value is -6.52. The van der Waals surface area contributed by atoms with Gasteiger partial charge in [0.15, 0.2) is 81.1 Å². The first-order valence-electron chi connectivity index (χ1n) is 18.0. The van der Waals surface area contributed by atoms with Crippen LogP contribution < -0.4 is 5.84 Å². The molecule has 288 valence electrons. The number of aryl methyl sites for hydroxylation is 2. The minimum Gasteiger partial charge on any atom is -0.336 e. The molecule has 9 nitrogen and oxygen atoms in total. The fourth-order valence-corrected chi connectivity index (χ4v) is 8.24. The van der Waals surface area contributed by atoms with Crippen molar-refractivity contribution in [3.8, 4) is 45.6 Å². The van der Waals surface area contributed by atoms with E-state index in [0.717, 1.165) is 22.3 Å². The predicted molar refractivity (Wildman–Crippen MR) is 197 cm³/mol. The van der Waals surface area contributed by atoms with Crippen LogP contribution in [0.3, 0.4) is 0 Å². The van der Waals surface area contributed by atoms with Crippen LogP contribution in [0.2, 0.25) is 0 Å². The molecule has 4 aromatic carbocycles. The summed E-state index contributed by atoms with van der Waals surface area (Å²) in [4.78, 5) is 30.1. The van der Waals surface area contributed by atoms with E-state index in [9.17, 15) is 13.2 Å². The summed E-state index contributed by atoms with van der Waals surface area (Å²) in [5.74, 6) is -11.9. The fourth-order valence-electron chi connectivity index (χ4n) is 8.24. The Bertz CT molecular complexity index is 3140. The quantitative estimate of drug-likeness (QED) is 0.0789. The van der Waals surface area contributed by atoms with Crippen molar-refractivity contribution in [2.24, 2.45) is 0 Å². The molecule has 0 saturated heterocycles. The maximum atomic E-state index is 15.9. The number of hydrogen-bond donors (Lipinski definition) is 2. The highest BCUT2D eigenvalue weighted by atomic mass is 19.2. The Labute approximate surface area is 316 Å². The van der Waals surface area contributed by atoms with E-state index in [1.54, 1.807) is 24.3 Å². The molecule has 5 heterocycles. The van der Waals surface area contributed by atoms with Crippen LogP contribution in [0.15, 0.2) is 24.3 Å². The minimum atomic E-state index is -2.25. The van der Waals surface area contributed by atoms with E-state index >= 15 is 22.0 Å². The van der Waals surface area contributed by atoms with Gasteiger partial charge in [0.25, 0.3) is 0 Å². The monoisotopic (exact) mass is 785 g/mol. The minimum absolute atomic E-state index is 0.0524. The van der Waals surface area contributed by atoms with Gasteiger partial charge >= 0.3 is 0 Å². The Morgan fingerprint density at radius 2 is 0.825 bits per heavy atom. The predicted octanol–water partition coefficient (Wildman–Crippen LogP) is 9.42. The largest absolute Gasteiger partial charge is 0.336 e. The number of aromatic nitrogens is 8. The Balaban J connectivity index is 1.62. The number of nitrogens with two attached hydrogens (primary N) is 1. The SMILES string of the molecule is CCc1c(CC)c(CC)c2c3nc4nc(nc5c6c(F)c(F)c(F)c(F)c6c(nc6nc(nc([nH]3)c2c1CC)-c1ccccc1-6)n5N)-c1c(F)c(F)c(F)c(F)c1-4. The molecule has 0 spiro atoms. The molecule has 3 N–H and O–H groups in total. The first-order chi connectivity index (χ1) is 27.4. The molecule has 0 aliphatic carbocycles. The highest BCUT2D eigenvalue weighted by Gasteiger charge is 2.35. The molecule has 57 heavy (non-hydrogen) atoms. The van der Waals surface area contributed by atoms with Crippen LogP contribution in [-0.4, -0.2) is 39.6 Å². The van der Waals surface area contributed by atoms with Crippen LogP contribution in [0.1, 0.15) is 49.9 Å². The second kappa shape index (κ2) is 12.8. The van der Waals surface area contributed by atoms with E-state index in [4.69, 9.17) is 10.8 Å². The summed E-state index contributed by atoms with van der Waals surface area (Å²) in [6.07, 6.45) is 2.34. The van der Waals surface area contributed by atoms with Crippen molar-refractivity contribution in [1.29, 1.82) is 0 Å². The van der Waals surface area contributed by atoms with E-state index < -0.39 is 91.4 Å². The lowest BCUT2D eigenvalue weighted by atomic mass is 9.86. The molecule has 0 amide bonds. The van der Waals surface area contributed by atoms with Gasteiger partial charge in [-0.1, -0.05) is 52.0 Å². The number of aromatic amines is 1. The van der Waals surface area contributed by atoms with Gasteiger partial charge in [0.1, 0.15) is 11.3 Å². The van der Waals surface area contributed by atoms with Gasteiger partial charge in [-0.05, 0) is 47.9 Å². The lowest BCUT2D eigenvalue weighted by molar-refractivity contribution is 0.412. The van der Waals surface area contributed by atoms with Crippen LogP contribution >= 0.6 is 0 Å². The fraction of sp³-hybridized carbons (Fsp3) is 0.200. The molecule has 7 aromatic rings. The number of H-pyrrole nitrogens is 1. The second-order valence-electron chi connectivity index (χ2n) is 13.4. The summed E-state index contributed by atoms with van der Waals surface area (Å²) < 4.78 is 123. The molecule has 9 rings (SSSR count). The topological polar surface area (TPSA) is 124 Å². The summed E-state index contributed by atoms with van der Waals surface area (Å²) in [6.45, 7) is 7.96. The van der Waals surface area contributed by atoms with Gasteiger partial charge < -0.3 is 10.8 Å². The smallest absolute Gasteiger partial charge is 0.198 e. The third-order valence-corrected chi connectivity index (χ3v) is 10.6. The van der Waals surface area contributed by atoms with Gasteiger partial charge in [-0.25, -0.2) is 69.7 Å². The molecule has 0 unspecified atom stereocenters. The molecular weight excluding hydrogens is 758 g/mol. The standard InChI is InChI=1S/C40H27F8N9/c1-5-13-14(6-2)16(8-4)20-19(15(13)7-3)35-51-33-17-11-9-10-12-18(17)34(50-33)55-39-23-24(28(44)32(48)31(47)27(23)43)40(57(39)49)56-38-22-21(37(54-38)53-36(20)52-35)25(41)29(45)30(46)26(22)42/h9-12H,5-8,49H2,1-4H3,(H,50,51,52,53,54,55,56). The zero-order valence-corrected chi connectivity index (χ0v) is 30.4. The average molecular weight is 786 g/mol. The van der Waals surface area contributed by atoms with E-state index in [2.05, 4.69) is 29.9 Å². The summed E-state index contributed by atoms with van der Waals surface area (Å²) in [6, 6.07) is 6.69. The number of halogens is 8. The first-order valence-corrected chi connectivity index (χ1v) is 18.0. The van der Waals surface area contributed by atoms with E-state index in [1.807, 2.05) is 27.7 Å². The number of benzene rings is 4. The van der Waals surface area contributed by atoms with E-state index in [0.29, 0.717) is 52.3 Å². The molecule has 17 heteroatoms. The highest BCUT2D eigenvalue weighted by Crippen LogP contribution is 2.43. The van der Waals surface area contributed by atoms with Crippen molar-refractivity contribution in [3.63, 3.8) is 0 Å². The van der Waals surface area contributed by atoms with Crippen LogP contribution in [0.5, 0.6) is 0 Å². The highest BCUT2D eigenvalue weighted by molar-refractivity contribution is 6.10. The van der Waals surface area contributed by atoms with Crippen LogP contribution in [-0.2, 0) is 25.7 Å². The second-order valence-corrected chi connectivity index (χ2v) is 13.4. The molecule has 2 aliphatic rings. The Morgan fingerprint density at radius 3 is 1.28 bits per heavy atom. The summed E-state index contributed by atoms with van der Waals surface area (Å²) in [7, 11) is 0. The van der Waals surface area contributed by atoms with Gasteiger partial charge in [0.2, 0.25) is 0 Å². The molecular formula is C40H27F8N9. The molecule has 0 saturated carbocycles. The third-order valence-electron chi connectivity index (χ3n) is 10.6. The normalized spacial score (nSPS) is 12.2. The van der Waals surface area contributed by atoms with E-state index in [-0.39, 0.29) is 22.9 Å². The molecule has 3 aromatic heterocycles. The average Bonchev–Trinajstić information content (AvgIpc) is 3.94. The van der Waals surface area contributed by atoms with Crippen molar-refractivity contribution >= 4 is 44.1 Å². The van der Waals surface area contributed by atoms with Gasteiger partial charge in [0.05, 0.1) is 21.9 Å². The van der Waals surface area contributed by atoms with Crippen molar-refractivity contribution in [1.82, 2.24) is 39.6 Å². The summed E-state index contributed by atoms with van der Waals surface area (Å²) in [5, 5.41) is -0.867. The Kier molecular flexibility index (Phi) is 8.09. The number of nitrogens with zero attached hydrogens (tertiary/aromatic N) is 7. The lowest BCUT2D eigenvalue weighted by Gasteiger charge is -2.18. The van der Waals surface area contributed by atoms with E-state index in [1.165, 1.54) is 0 Å². The maximum Gasteiger partial charge on any atom is 0.198 e. The molecule has 0 atom stereocenters. The van der Waals surface area contributed by atoms with Crippen LogP contribution in [0, 0.1) is 46.5 Å². The summed E-state index contributed by atoms with van der Waals surface area (Å²) >= 11 is 0. The maximum absolute atomic E-state index is 15.9. The van der Waals surface area contributed by atoms with Gasteiger partial charge in [-0.2, -0.15) is 0 Å². The van der Waals surface area contributed by atoms with Crippen molar-refractivity contribution in [2.45, 2.75) is 53.4 Å². The number of nitrogen functional groups attached to an aromatic ring is 1. The van der Waals surface area contributed by atoms with Crippen molar-refractivity contribution in [2.75, 3.05) is 5.84 Å². The zero-order valence-electron chi connectivity index (χ0n) is 30.4. The lowest BCUT2D eigenvalue weighted by Crippen LogP contribution is -2.09. The zero-order chi connectivity index (χ0) is 40.3.